The van der Waals surface area contributed by atoms with Gasteiger partial charge < -0.3 is 10.4 Å². The number of halogens is 2. The van der Waals surface area contributed by atoms with Crippen molar-refractivity contribution >= 4 is 0 Å². The molecule has 0 spiro atoms. The third-order valence-electron chi connectivity index (χ3n) is 2.09. The van der Waals surface area contributed by atoms with Crippen LogP contribution in [0, 0.1) is 11.6 Å². The summed E-state index contributed by atoms with van der Waals surface area (Å²) in [4.78, 5) is 0. The molecule has 0 aliphatic rings. The van der Waals surface area contributed by atoms with Crippen LogP contribution in [0.4, 0.5) is 8.78 Å². The van der Waals surface area contributed by atoms with E-state index in [0.29, 0.717) is 0 Å². The molecule has 0 amide bonds. The molecule has 0 aromatic heterocycles. The quantitative estimate of drug-likeness (QED) is 0.812. The van der Waals surface area contributed by atoms with Gasteiger partial charge in [-0.3, -0.25) is 0 Å². The molecule has 4 heteroatoms. The molecule has 84 valence electrons. The number of hydrogen-bond donors (Lipinski definition) is 2. The Hall–Kier alpha value is -1.16. The third-order valence-corrected chi connectivity index (χ3v) is 2.09. The summed E-state index contributed by atoms with van der Waals surface area (Å²) in [5.74, 6) is -1.85. The molecule has 0 aliphatic carbocycles. The van der Waals surface area contributed by atoms with Crippen molar-refractivity contribution in [3.63, 3.8) is 0 Å². The van der Waals surface area contributed by atoms with Crippen LogP contribution in [-0.4, -0.2) is 11.1 Å². The van der Waals surface area contributed by atoms with Gasteiger partial charge in [-0.05, 0) is 6.92 Å². The van der Waals surface area contributed by atoms with Crippen molar-refractivity contribution in [2.75, 3.05) is 0 Å². The van der Waals surface area contributed by atoms with Crippen LogP contribution in [0.1, 0.15) is 32.4 Å². The molecule has 2 N–H and O–H groups in total. The first kappa shape index (κ1) is 11.9. The van der Waals surface area contributed by atoms with E-state index in [4.69, 9.17) is 0 Å². The average molecular weight is 215 g/mol. The Morgan fingerprint density at radius 3 is 2.27 bits per heavy atom. The number of benzene rings is 1. The van der Waals surface area contributed by atoms with Crippen molar-refractivity contribution < 1.29 is 13.9 Å². The first-order valence-electron chi connectivity index (χ1n) is 4.85. The molecule has 1 unspecified atom stereocenters. The molecule has 1 rings (SSSR count). The summed E-state index contributed by atoms with van der Waals surface area (Å²) < 4.78 is 26.1. The van der Waals surface area contributed by atoms with Gasteiger partial charge in [0.1, 0.15) is 17.4 Å². The number of phenolic OH excluding ortho intramolecular Hbond substituents is 1. The van der Waals surface area contributed by atoms with Gasteiger partial charge in [0.25, 0.3) is 0 Å². The normalized spacial score (nSPS) is 13.2. The first-order chi connectivity index (χ1) is 6.91. The lowest BCUT2D eigenvalue weighted by Gasteiger charge is -2.18. The molecular weight excluding hydrogens is 200 g/mol. The Labute approximate surface area is 87.9 Å². The lowest BCUT2D eigenvalue weighted by atomic mass is 10.1. The Balaban J connectivity index is 3.03. The van der Waals surface area contributed by atoms with Crippen LogP contribution < -0.4 is 5.32 Å². The van der Waals surface area contributed by atoms with Gasteiger partial charge >= 0.3 is 0 Å². The van der Waals surface area contributed by atoms with Gasteiger partial charge in [-0.1, -0.05) is 13.8 Å². The Bertz CT molecular complexity index is 329. The molecule has 2 nitrogen and oxygen atoms in total. The molecule has 0 saturated heterocycles. The van der Waals surface area contributed by atoms with Gasteiger partial charge in [0, 0.05) is 29.8 Å². The molecule has 1 aromatic carbocycles. The lowest BCUT2D eigenvalue weighted by Crippen LogP contribution is -2.26. The third kappa shape index (κ3) is 2.89. The van der Waals surface area contributed by atoms with E-state index in [1.54, 1.807) is 6.92 Å². The van der Waals surface area contributed by atoms with E-state index >= 15 is 0 Å². The van der Waals surface area contributed by atoms with E-state index in [0.717, 1.165) is 12.1 Å². The minimum atomic E-state index is -0.773. The highest BCUT2D eigenvalue weighted by Crippen LogP contribution is 2.28. The maximum atomic E-state index is 13.4. The van der Waals surface area contributed by atoms with Gasteiger partial charge in [-0.15, -0.1) is 0 Å². The molecule has 0 heterocycles. The molecule has 0 bridgehead atoms. The summed E-state index contributed by atoms with van der Waals surface area (Å²) in [7, 11) is 0. The van der Waals surface area contributed by atoms with Gasteiger partial charge in [0.15, 0.2) is 0 Å². The monoisotopic (exact) mass is 215 g/mol. The summed E-state index contributed by atoms with van der Waals surface area (Å²) in [6.45, 7) is 5.54. The van der Waals surface area contributed by atoms with Gasteiger partial charge in [0.05, 0.1) is 0 Å². The van der Waals surface area contributed by atoms with E-state index in [2.05, 4.69) is 5.32 Å². The van der Waals surface area contributed by atoms with Crippen LogP contribution in [0.3, 0.4) is 0 Å². The van der Waals surface area contributed by atoms with E-state index in [9.17, 15) is 13.9 Å². The minimum Gasteiger partial charge on any atom is -0.507 e. The van der Waals surface area contributed by atoms with Crippen LogP contribution in [0.2, 0.25) is 0 Å². The minimum absolute atomic E-state index is 0.102. The van der Waals surface area contributed by atoms with Gasteiger partial charge in [0.2, 0.25) is 0 Å². The summed E-state index contributed by atoms with van der Waals surface area (Å²) in [6, 6.07) is 1.49. The SMILES string of the molecule is CC(C)NC(C)c1c(O)cc(F)cc1F. The summed E-state index contributed by atoms with van der Waals surface area (Å²) in [6.07, 6.45) is 0. The highest BCUT2D eigenvalue weighted by Gasteiger charge is 2.17. The number of phenols is 1. The van der Waals surface area contributed by atoms with Crippen molar-refractivity contribution in [2.45, 2.75) is 32.9 Å². The molecule has 0 aliphatic heterocycles. The van der Waals surface area contributed by atoms with Crippen LogP contribution in [0.5, 0.6) is 5.75 Å². The number of hydrogen-bond acceptors (Lipinski definition) is 2. The fourth-order valence-electron chi connectivity index (χ4n) is 1.58. The standard InChI is InChI=1S/C11H15F2NO/c1-6(2)14-7(3)11-9(13)4-8(12)5-10(11)15/h4-7,14-15H,1-3H3. The highest BCUT2D eigenvalue weighted by atomic mass is 19.1. The Morgan fingerprint density at radius 1 is 1.20 bits per heavy atom. The zero-order chi connectivity index (χ0) is 11.6. The van der Waals surface area contributed by atoms with Gasteiger partial charge in [-0.2, -0.15) is 0 Å². The topological polar surface area (TPSA) is 32.3 Å². The molecule has 15 heavy (non-hydrogen) atoms. The van der Waals surface area contributed by atoms with Crippen molar-refractivity contribution in [2.24, 2.45) is 0 Å². The van der Waals surface area contributed by atoms with Crippen molar-refractivity contribution in [3.05, 3.63) is 29.3 Å². The van der Waals surface area contributed by atoms with E-state index in [1.807, 2.05) is 13.8 Å². The maximum absolute atomic E-state index is 13.4. The maximum Gasteiger partial charge on any atom is 0.134 e. The molecule has 0 fully saturated rings. The molecule has 0 radical (unpaired) electrons. The Kier molecular flexibility index (Phi) is 3.63. The fourth-order valence-corrected chi connectivity index (χ4v) is 1.58. The smallest absolute Gasteiger partial charge is 0.134 e. The van der Waals surface area contributed by atoms with Gasteiger partial charge in [-0.25, -0.2) is 8.78 Å². The van der Waals surface area contributed by atoms with Crippen LogP contribution in [-0.2, 0) is 0 Å². The summed E-state index contributed by atoms with van der Waals surface area (Å²) >= 11 is 0. The number of nitrogens with one attached hydrogen (secondary N) is 1. The number of rotatable bonds is 3. The summed E-state index contributed by atoms with van der Waals surface area (Å²) in [5.41, 5.74) is 0.102. The lowest BCUT2D eigenvalue weighted by molar-refractivity contribution is 0.419. The van der Waals surface area contributed by atoms with Crippen LogP contribution in [0.25, 0.3) is 0 Å². The van der Waals surface area contributed by atoms with Crippen LogP contribution >= 0.6 is 0 Å². The molecule has 1 aromatic rings. The molecule has 1 atom stereocenters. The molecule has 0 saturated carbocycles. The van der Waals surface area contributed by atoms with E-state index in [-0.39, 0.29) is 23.4 Å². The first-order valence-corrected chi connectivity index (χ1v) is 4.85. The van der Waals surface area contributed by atoms with Crippen molar-refractivity contribution in [3.8, 4) is 5.75 Å². The largest absolute Gasteiger partial charge is 0.507 e. The number of aromatic hydroxyl groups is 1. The Morgan fingerprint density at radius 2 is 1.80 bits per heavy atom. The van der Waals surface area contributed by atoms with E-state index < -0.39 is 11.6 Å². The molecular formula is C11H15F2NO. The van der Waals surface area contributed by atoms with Crippen LogP contribution in [0.15, 0.2) is 12.1 Å². The van der Waals surface area contributed by atoms with Crippen molar-refractivity contribution in [1.29, 1.82) is 0 Å². The predicted octanol–water partition coefficient (Wildman–Crippen LogP) is 2.73. The second-order valence-corrected chi connectivity index (χ2v) is 3.86. The zero-order valence-electron chi connectivity index (χ0n) is 9.01. The van der Waals surface area contributed by atoms with Crippen molar-refractivity contribution in [1.82, 2.24) is 5.32 Å². The van der Waals surface area contributed by atoms with E-state index in [1.165, 1.54) is 0 Å². The second kappa shape index (κ2) is 4.57. The average Bonchev–Trinajstić information content (AvgIpc) is 1.99. The fraction of sp³-hybridized carbons (Fsp3) is 0.455. The zero-order valence-corrected chi connectivity index (χ0v) is 9.01. The summed E-state index contributed by atoms with van der Waals surface area (Å²) in [5, 5.41) is 12.5. The second-order valence-electron chi connectivity index (χ2n) is 3.86. The highest BCUT2D eigenvalue weighted by molar-refractivity contribution is 5.36. The predicted molar refractivity (Wildman–Crippen MR) is 54.7 cm³/mol.